The van der Waals surface area contributed by atoms with Crippen LogP contribution in [0.15, 0.2) is 55.0 Å². The minimum Gasteiger partial charge on any atom is -0.340 e. The molecule has 7 heteroatoms. The molecule has 0 saturated heterocycles. The number of nitrogens with one attached hydrogen (secondary N) is 1. The van der Waals surface area contributed by atoms with Crippen molar-refractivity contribution in [2.24, 2.45) is 0 Å². The first-order valence-electron chi connectivity index (χ1n) is 9.19. The number of hydrogen-bond acceptors (Lipinski definition) is 4. The van der Waals surface area contributed by atoms with Gasteiger partial charge in [-0.2, -0.15) is 0 Å². The number of imidazole rings is 2. The van der Waals surface area contributed by atoms with Crippen LogP contribution >= 0.6 is 0 Å². The van der Waals surface area contributed by atoms with Crippen LogP contribution < -0.4 is 0 Å². The monoisotopic (exact) mass is 374 g/mol. The predicted molar refractivity (Wildman–Crippen MR) is 105 cm³/mol. The van der Waals surface area contributed by atoms with Gasteiger partial charge in [0.1, 0.15) is 11.5 Å². The van der Waals surface area contributed by atoms with Crippen LogP contribution in [0.2, 0.25) is 0 Å². The van der Waals surface area contributed by atoms with Crippen molar-refractivity contribution < 1.29 is 4.39 Å². The largest absolute Gasteiger partial charge is 0.340 e. The maximum atomic E-state index is 16.2. The Balaban J connectivity index is 1.54. The van der Waals surface area contributed by atoms with Crippen LogP contribution in [0.5, 0.6) is 0 Å². The Labute approximate surface area is 160 Å². The number of alkyl halides is 1. The summed E-state index contributed by atoms with van der Waals surface area (Å²) in [6.45, 7) is 3.92. The van der Waals surface area contributed by atoms with Gasteiger partial charge < -0.3 is 4.98 Å². The number of aromatic nitrogens is 6. The van der Waals surface area contributed by atoms with Gasteiger partial charge in [0, 0.05) is 30.2 Å². The highest BCUT2D eigenvalue weighted by Gasteiger charge is 2.40. The van der Waals surface area contributed by atoms with Gasteiger partial charge in [0.25, 0.3) is 0 Å². The molecule has 0 spiro atoms. The van der Waals surface area contributed by atoms with Crippen molar-refractivity contribution in [3.63, 3.8) is 0 Å². The molecule has 2 unspecified atom stereocenters. The van der Waals surface area contributed by atoms with Gasteiger partial charge in [-0.05, 0) is 32.1 Å². The van der Waals surface area contributed by atoms with Crippen molar-refractivity contribution in [1.29, 1.82) is 0 Å². The standard InChI is InChI=1S/C21H19FN6/c1-13-9-14(2)28-12-15(25-20(28)24-13)10-21(22)7-4-3-5-16(21)19-26-17-6-8-23-11-18(17)27-19/h3-9,11-12,16H,10H2,1-2H3,(H,26,27). The van der Waals surface area contributed by atoms with Gasteiger partial charge >= 0.3 is 0 Å². The van der Waals surface area contributed by atoms with Crippen LogP contribution in [0, 0.1) is 13.8 Å². The zero-order valence-electron chi connectivity index (χ0n) is 15.6. The maximum Gasteiger partial charge on any atom is 0.234 e. The van der Waals surface area contributed by atoms with Gasteiger partial charge in [-0.25, -0.2) is 19.3 Å². The summed E-state index contributed by atoms with van der Waals surface area (Å²) in [5.74, 6) is 0.642. The molecule has 0 radical (unpaired) electrons. The molecule has 28 heavy (non-hydrogen) atoms. The van der Waals surface area contributed by atoms with E-state index in [9.17, 15) is 0 Å². The lowest BCUT2D eigenvalue weighted by Crippen LogP contribution is -2.33. The topological polar surface area (TPSA) is 71.8 Å². The molecule has 2 atom stereocenters. The Hall–Kier alpha value is -3.35. The number of H-pyrrole nitrogens is 1. The number of fused-ring (bicyclic) bond motifs is 2. The van der Waals surface area contributed by atoms with Gasteiger partial charge in [0.15, 0.2) is 0 Å². The van der Waals surface area contributed by atoms with Crippen LogP contribution in [0.25, 0.3) is 16.8 Å². The van der Waals surface area contributed by atoms with Crippen LogP contribution in [-0.4, -0.2) is 35.0 Å². The van der Waals surface area contributed by atoms with Gasteiger partial charge in [-0.15, -0.1) is 0 Å². The first-order chi connectivity index (χ1) is 13.5. The number of aryl methyl sites for hydroxylation is 2. The summed E-state index contributed by atoms with van der Waals surface area (Å²) in [5, 5.41) is 0. The molecule has 6 nitrogen and oxygen atoms in total. The van der Waals surface area contributed by atoms with E-state index in [-0.39, 0.29) is 6.42 Å². The molecule has 4 aromatic rings. The van der Waals surface area contributed by atoms with Crippen LogP contribution in [-0.2, 0) is 6.42 Å². The van der Waals surface area contributed by atoms with Crippen molar-refractivity contribution in [1.82, 2.24) is 29.3 Å². The highest BCUT2D eigenvalue weighted by atomic mass is 19.1. The third-order valence-electron chi connectivity index (χ3n) is 5.16. The second-order valence-electron chi connectivity index (χ2n) is 7.28. The van der Waals surface area contributed by atoms with E-state index in [1.807, 2.05) is 48.7 Å². The van der Waals surface area contributed by atoms with E-state index in [1.54, 1.807) is 24.5 Å². The van der Waals surface area contributed by atoms with E-state index >= 15 is 4.39 Å². The van der Waals surface area contributed by atoms with E-state index < -0.39 is 11.6 Å². The molecule has 5 rings (SSSR count). The molecule has 0 saturated carbocycles. The molecule has 0 aliphatic heterocycles. The normalized spacial score (nSPS) is 21.8. The SMILES string of the molecule is Cc1cc(C)n2cc(CC3(F)C=CC=CC3c3nc4ccncc4[nH]3)nc2n1. The molecule has 0 fully saturated rings. The first-order valence-corrected chi connectivity index (χ1v) is 9.19. The van der Waals surface area contributed by atoms with Crippen molar-refractivity contribution in [3.8, 4) is 0 Å². The highest BCUT2D eigenvalue weighted by molar-refractivity contribution is 5.73. The summed E-state index contributed by atoms with van der Waals surface area (Å²) in [6, 6.07) is 3.80. The summed E-state index contributed by atoms with van der Waals surface area (Å²) in [4.78, 5) is 20.9. The van der Waals surface area contributed by atoms with Gasteiger partial charge in [0.2, 0.25) is 5.78 Å². The van der Waals surface area contributed by atoms with E-state index in [0.29, 0.717) is 17.3 Å². The number of hydrogen-bond donors (Lipinski definition) is 1. The van der Waals surface area contributed by atoms with Crippen molar-refractivity contribution in [3.05, 3.63) is 77.9 Å². The molecule has 4 heterocycles. The molecule has 1 aliphatic rings. The minimum absolute atomic E-state index is 0.135. The van der Waals surface area contributed by atoms with Crippen molar-refractivity contribution in [2.45, 2.75) is 31.9 Å². The summed E-state index contributed by atoms with van der Waals surface area (Å²) >= 11 is 0. The second-order valence-corrected chi connectivity index (χ2v) is 7.28. The summed E-state index contributed by atoms with van der Waals surface area (Å²) < 4.78 is 18.1. The maximum absolute atomic E-state index is 16.2. The molecule has 1 aliphatic carbocycles. The molecule has 0 bridgehead atoms. The quantitative estimate of drug-likeness (QED) is 0.592. The Kier molecular flexibility index (Phi) is 3.65. The summed E-state index contributed by atoms with van der Waals surface area (Å²) in [5.41, 5.74) is 2.51. The molecule has 0 amide bonds. The van der Waals surface area contributed by atoms with Crippen molar-refractivity contribution >= 4 is 16.8 Å². The van der Waals surface area contributed by atoms with Crippen LogP contribution in [0.1, 0.15) is 28.8 Å². The van der Waals surface area contributed by atoms with Gasteiger partial charge in [-0.3, -0.25) is 9.38 Å². The van der Waals surface area contributed by atoms with E-state index in [1.165, 1.54) is 0 Å². The Bertz CT molecular complexity index is 1220. The lowest BCUT2D eigenvalue weighted by molar-refractivity contribution is 0.198. The number of rotatable bonds is 3. The first kappa shape index (κ1) is 16.8. The Morgan fingerprint density at radius 2 is 2.11 bits per heavy atom. The number of pyridine rings is 1. The van der Waals surface area contributed by atoms with Gasteiger partial charge in [-0.1, -0.05) is 18.2 Å². The second kappa shape index (κ2) is 6.09. The molecular weight excluding hydrogens is 355 g/mol. The summed E-state index contributed by atoms with van der Waals surface area (Å²) in [6.07, 6.45) is 12.4. The summed E-state index contributed by atoms with van der Waals surface area (Å²) in [7, 11) is 0. The molecule has 1 N–H and O–H groups in total. The lowest BCUT2D eigenvalue weighted by Gasteiger charge is -2.29. The van der Waals surface area contributed by atoms with Crippen LogP contribution in [0.4, 0.5) is 4.39 Å². The van der Waals surface area contributed by atoms with Crippen molar-refractivity contribution in [2.75, 3.05) is 0 Å². The number of halogens is 1. The average Bonchev–Trinajstić information content (AvgIpc) is 3.25. The highest BCUT2D eigenvalue weighted by Crippen LogP contribution is 2.38. The number of nitrogens with zero attached hydrogens (tertiary/aromatic N) is 5. The third kappa shape index (κ3) is 2.70. The fourth-order valence-corrected chi connectivity index (χ4v) is 3.85. The van der Waals surface area contributed by atoms with Gasteiger partial charge in [0.05, 0.1) is 28.8 Å². The zero-order chi connectivity index (χ0) is 19.3. The number of aromatic amines is 1. The zero-order valence-corrected chi connectivity index (χ0v) is 15.6. The van der Waals surface area contributed by atoms with E-state index in [0.717, 1.165) is 22.4 Å². The molecule has 0 aromatic carbocycles. The Morgan fingerprint density at radius 3 is 2.96 bits per heavy atom. The lowest BCUT2D eigenvalue weighted by atomic mass is 9.81. The predicted octanol–water partition coefficient (Wildman–Crippen LogP) is 3.78. The minimum atomic E-state index is -1.64. The fraction of sp³-hybridized carbons (Fsp3) is 0.238. The Morgan fingerprint density at radius 1 is 1.21 bits per heavy atom. The third-order valence-corrected chi connectivity index (χ3v) is 5.16. The molecular formula is C21H19FN6. The fourth-order valence-electron chi connectivity index (χ4n) is 3.85. The molecule has 140 valence electrons. The number of allylic oxidation sites excluding steroid dienone is 4. The van der Waals surface area contributed by atoms with Crippen LogP contribution in [0.3, 0.4) is 0 Å². The van der Waals surface area contributed by atoms with E-state index in [2.05, 4.69) is 24.9 Å². The van der Waals surface area contributed by atoms with E-state index in [4.69, 9.17) is 0 Å². The average molecular weight is 374 g/mol. The molecule has 4 aromatic heterocycles. The smallest absolute Gasteiger partial charge is 0.234 e.